The highest BCUT2D eigenvalue weighted by atomic mass is 19.4. The second-order valence-electron chi connectivity index (χ2n) is 8.69. The lowest BCUT2D eigenvalue weighted by Crippen LogP contribution is -2.35. The van der Waals surface area contributed by atoms with Gasteiger partial charge in [-0.25, -0.2) is 15.0 Å². The van der Waals surface area contributed by atoms with E-state index in [2.05, 4.69) is 15.0 Å². The molecule has 5 rings (SSSR count). The van der Waals surface area contributed by atoms with Gasteiger partial charge in [0.2, 0.25) is 0 Å². The third-order valence-corrected chi connectivity index (χ3v) is 6.51. The number of nitrogens with two attached hydrogens (primary N) is 1. The lowest BCUT2D eigenvalue weighted by atomic mass is 10.0. The summed E-state index contributed by atoms with van der Waals surface area (Å²) in [6.45, 7) is 1.51. The molecule has 2 aliphatic rings. The zero-order chi connectivity index (χ0) is 24.7. The molecule has 2 atom stereocenters. The quantitative estimate of drug-likeness (QED) is 0.441. The molecule has 2 aromatic carbocycles. The molecular formula is C24H22F3N7O. The zero-order valence-electron chi connectivity index (χ0n) is 18.5. The van der Waals surface area contributed by atoms with Crippen LogP contribution in [0.1, 0.15) is 21.6 Å². The number of alkyl halides is 3. The molecule has 11 heteroatoms. The molecule has 2 fully saturated rings. The molecule has 3 aromatic rings. The first kappa shape index (κ1) is 22.8. The minimum absolute atomic E-state index is 0.00183. The maximum atomic E-state index is 13.8. The monoisotopic (exact) mass is 481 g/mol. The van der Waals surface area contributed by atoms with Crippen LogP contribution in [0.4, 0.5) is 19.0 Å². The van der Waals surface area contributed by atoms with Gasteiger partial charge < -0.3 is 15.5 Å². The van der Waals surface area contributed by atoms with Crippen molar-refractivity contribution in [2.75, 3.05) is 31.1 Å². The maximum absolute atomic E-state index is 13.8. The van der Waals surface area contributed by atoms with Gasteiger partial charge in [-0.3, -0.25) is 10.2 Å². The van der Waals surface area contributed by atoms with E-state index in [4.69, 9.17) is 11.1 Å². The van der Waals surface area contributed by atoms with E-state index in [9.17, 15) is 18.0 Å². The highest BCUT2D eigenvalue weighted by molar-refractivity contribution is 6.10. The van der Waals surface area contributed by atoms with Crippen LogP contribution in [0.2, 0.25) is 0 Å². The van der Waals surface area contributed by atoms with E-state index in [1.807, 2.05) is 0 Å². The molecule has 0 aliphatic carbocycles. The predicted molar refractivity (Wildman–Crippen MR) is 126 cm³/mol. The van der Waals surface area contributed by atoms with Crippen molar-refractivity contribution in [2.45, 2.75) is 6.18 Å². The summed E-state index contributed by atoms with van der Waals surface area (Å²) in [4.78, 5) is 28.5. The topological polar surface area (TPSA) is 112 Å². The van der Waals surface area contributed by atoms with Crippen LogP contribution < -0.4 is 10.6 Å². The SMILES string of the molecule is N=C(N=CN)c1ccccc1C(=O)N1CC2CN(c3nc4ccccc4nc3C(F)(F)F)CC2C1. The largest absolute Gasteiger partial charge is 0.437 e. The van der Waals surface area contributed by atoms with Crippen molar-refractivity contribution in [3.63, 3.8) is 0 Å². The van der Waals surface area contributed by atoms with Crippen LogP contribution in [-0.4, -0.2) is 59.1 Å². The molecule has 2 aliphatic heterocycles. The second-order valence-corrected chi connectivity index (χ2v) is 8.69. The summed E-state index contributed by atoms with van der Waals surface area (Å²) >= 11 is 0. The highest BCUT2D eigenvalue weighted by Gasteiger charge is 2.45. The first-order valence-corrected chi connectivity index (χ1v) is 11.1. The van der Waals surface area contributed by atoms with E-state index < -0.39 is 11.9 Å². The number of rotatable bonds is 3. The minimum atomic E-state index is -4.63. The number of benzene rings is 2. The van der Waals surface area contributed by atoms with E-state index in [0.717, 1.165) is 6.34 Å². The van der Waals surface area contributed by atoms with Gasteiger partial charge in [-0.2, -0.15) is 13.2 Å². The number of amidine groups is 1. The molecule has 0 bridgehead atoms. The van der Waals surface area contributed by atoms with Crippen molar-refractivity contribution >= 4 is 34.9 Å². The molecule has 0 saturated carbocycles. The summed E-state index contributed by atoms with van der Waals surface area (Å²) in [7, 11) is 0. The lowest BCUT2D eigenvalue weighted by molar-refractivity contribution is -0.140. The molecule has 8 nitrogen and oxygen atoms in total. The van der Waals surface area contributed by atoms with Crippen molar-refractivity contribution in [3.8, 4) is 0 Å². The summed E-state index contributed by atoms with van der Waals surface area (Å²) in [6, 6.07) is 13.2. The Labute approximate surface area is 198 Å². The number of hydrogen-bond donors (Lipinski definition) is 2. The molecule has 1 amide bonds. The molecule has 3 heterocycles. The Hall–Kier alpha value is -4.02. The molecule has 35 heavy (non-hydrogen) atoms. The number of halogens is 3. The van der Waals surface area contributed by atoms with Gasteiger partial charge in [-0.15, -0.1) is 0 Å². The first-order valence-electron chi connectivity index (χ1n) is 11.1. The van der Waals surface area contributed by atoms with E-state index >= 15 is 0 Å². The number of carbonyl (C=O) groups is 1. The minimum Gasteiger partial charge on any atom is -0.390 e. The normalized spacial score (nSPS) is 20.1. The van der Waals surface area contributed by atoms with E-state index in [0.29, 0.717) is 42.8 Å². The Bertz CT molecular complexity index is 1330. The van der Waals surface area contributed by atoms with Gasteiger partial charge >= 0.3 is 6.18 Å². The third kappa shape index (κ3) is 4.17. The van der Waals surface area contributed by atoms with Crippen molar-refractivity contribution in [1.82, 2.24) is 14.9 Å². The fourth-order valence-electron chi connectivity index (χ4n) is 4.92. The molecular weight excluding hydrogens is 459 g/mol. The number of aromatic nitrogens is 2. The van der Waals surface area contributed by atoms with Crippen LogP contribution in [0.15, 0.2) is 53.5 Å². The Morgan fingerprint density at radius 2 is 1.54 bits per heavy atom. The molecule has 2 unspecified atom stereocenters. The van der Waals surface area contributed by atoms with E-state index in [-0.39, 0.29) is 34.9 Å². The number of hydrogen-bond acceptors (Lipinski definition) is 5. The molecule has 0 radical (unpaired) electrons. The molecule has 1 aromatic heterocycles. The fraction of sp³-hybridized carbons (Fsp3) is 0.292. The van der Waals surface area contributed by atoms with Crippen molar-refractivity contribution in [2.24, 2.45) is 22.6 Å². The van der Waals surface area contributed by atoms with Crippen molar-refractivity contribution in [1.29, 1.82) is 5.41 Å². The number of likely N-dealkylation sites (tertiary alicyclic amines) is 1. The molecule has 180 valence electrons. The smallest absolute Gasteiger partial charge is 0.390 e. The summed E-state index contributed by atoms with van der Waals surface area (Å²) in [5, 5.41) is 8.05. The van der Waals surface area contributed by atoms with Crippen molar-refractivity contribution in [3.05, 3.63) is 65.4 Å². The summed E-state index contributed by atoms with van der Waals surface area (Å²) < 4.78 is 41.4. The maximum Gasteiger partial charge on any atom is 0.437 e. The number of amides is 1. The number of para-hydroxylation sites is 2. The zero-order valence-corrected chi connectivity index (χ0v) is 18.5. The molecule has 2 saturated heterocycles. The first-order chi connectivity index (χ1) is 16.8. The molecule has 3 N–H and O–H groups in total. The third-order valence-electron chi connectivity index (χ3n) is 6.51. The number of nitrogens with one attached hydrogen (secondary N) is 1. The Morgan fingerprint density at radius 1 is 0.971 bits per heavy atom. The number of nitrogens with zero attached hydrogens (tertiary/aromatic N) is 5. The van der Waals surface area contributed by atoms with Gasteiger partial charge in [0.05, 0.1) is 22.9 Å². The number of fused-ring (bicyclic) bond motifs is 2. The van der Waals surface area contributed by atoms with Gasteiger partial charge in [0.1, 0.15) is 0 Å². The molecule has 0 spiro atoms. The van der Waals surface area contributed by atoms with Crippen LogP contribution in [0, 0.1) is 17.2 Å². The van der Waals surface area contributed by atoms with E-state index in [1.165, 1.54) is 6.07 Å². The standard InChI is InChI=1S/C24H22F3N7O/c25-24(26,27)20-22(32-19-8-4-3-7-18(19)31-20)33-9-14-11-34(12-15(14)10-33)23(35)17-6-2-1-5-16(17)21(29)30-13-28/h1-8,13-15H,9-12H2,(H3,28,29,30). The average molecular weight is 481 g/mol. The summed E-state index contributed by atoms with van der Waals surface area (Å²) in [5.41, 5.74) is 5.63. The van der Waals surface area contributed by atoms with Gasteiger partial charge in [0.15, 0.2) is 17.3 Å². The Morgan fingerprint density at radius 3 is 2.14 bits per heavy atom. The van der Waals surface area contributed by atoms with Gasteiger partial charge in [-0.05, 0) is 18.2 Å². The highest BCUT2D eigenvalue weighted by Crippen LogP contribution is 2.40. The lowest BCUT2D eigenvalue weighted by Gasteiger charge is -2.25. The van der Waals surface area contributed by atoms with Gasteiger partial charge in [0, 0.05) is 43.6 Å². The number of aliphatic imine (C=N–C) groups is 1. The number of anilines is 1. The van der Waals surface area contributed by atoms with E-state index in [1.54, 1.807) is 52.3 Å². The summed E-state index contributed by atoms with van der Waals surface area (Å²) in [5.74, 6) is -0.512. The predicted octanol–water partition coefficient (Wildman–Crippen LogP) is 3.17. The van der Waals surface area contributed by atoms with Crippen LogP contribution in [0.3, 0.4) is 0 Å². The van der Waals surface area contributed by atoms with Crippen LogP contribution in [0.25, 0.3) is 11.0 Å². The second kappa shape index (κ2) is 8.64. The average Bonchev–Trinajstić information content (AvgIpc) is 3.42. The van der Waals surface area contributed by atoms with Crippen molar-refractivity contribution < 1.29 is 18.0 Å². The fourth-order valence-corrected chi connectivity index (χ4v) is 4.92. The van der Waals surface area contributed by atoms with Gasteiger partial charge in [-0.1, -0.05) is 30.3 Å². The van der Waals surface area contributed by atoms with Gasteiger partial charge in [0.25, 0.3) is 5.91 Å². The summed E-state index contributed by atoms with van der Waals surface area (Å²) in [6.07, 6.45) is -3.63. The number of carbonyl (C=O) groups excluding carboxylic acids is 1. The Kier molecular flexibility index (Phi) is 5.62. The van der Waals surface area contributed by atoms with Crippen LogP contribution >= 0.6 is 0 Å². The van der Waals surface area contributed by atoms with Crippen LogP contribution in [0.5, 0.6) is 0 Å². The Balaban J connectivity index is 1.37. The van der Waals surface area contributed by atoms with Crippen LogP contribution in [-0.2, 0) is 6.18 Å².